The molecule has 0 saturated heterocycles. The molecule has 3 aromatic rings. The number of nitrogens with one attached hydrogen (secondary N) is 1. The van der Waals surface area contributed by atoms with Crippen LogP contribution in [0, 0.1) is 13.8 Å². The number of fused-ring (bicyclic) bond motifs is 1. The highest BCUT2D eigenvalue weighted by molar-refractivity contribution is 9.10. The number of nitrogens with zero attached hydrogens (tertiary/aromatic N) is 1. The first kappa shape index (κ1) is 13.1. The summed E-state index contributed by atoms with van der Waals surface area (Å²) in [6.07, 6.45) is 0. The zero-order valence-corrected chi connectivity index (χ0v) is 12.8. The van der Waals surface area contributed by atoms with E-state index in [-0.39, 0.29) is 5.56 Å². The first-order chi connectivity index (χ1) is 9.58. The van der Waals surface area contributed by atoms with E-state index >= 15 is 0 Å². The number of rotatable bonds is 1. The van der Waals surface area contributed by atoms with Crippen molar-refractivity contribution in [2.75, 3.05) is 0 Å². The molecule has 20 heavy (non-hydrogen) atoms. The SMILES string of the molecule is Cc1c(Br)ccc(-c2nc3ccccc3c(=O)[nH]2)c1C. The Hall–Kier alpha value is -1.94. The lowest BCUT2D eigenvalue weighted by molar-refractivity contribution is 1.16. The van der Waals surface area contributed by atoms with Crippen molar-refractivity contribution in [3.05, 3.63) is 62.4 Å². The molecule has 3 rings (SSSR count). The summed E-state index contributed by atoms with van der Waals surface area (Å²) in [7, 11) is 0. The van der Waals surface area contributed by atoms with Crippen LogP contribution in [0.5, 0.6) is 0 Å². The fourth-order valence-corrected chi connectivity index (χ4v) is 2.69. The van der Waals surface area contributed by atoms with Gasteiger partial charge < -0.3 is 4.98 Å². The van der Waals surface area contributed by atoms with Gasteiger partial charge in [-0.3, -0.25) is 4.79 Å². The Morgan fingerprint density at radius 1 is 1.05 bits per heavy atom. The molecule has 0 aliphatic carbocycles. The number of halogens is 1. The molecule has 0 aliphatic heterocycles. The molecule has 0 aliphatic rings. The van der Waals surface area contributed by atoms with Gasteiger partial charge in [-0.15, -0.1) is 0 Å². The maximum absolute atomic E-state index is 12.1. The molecule has 4 heteroatoms. The maximum atomic E-state index is 12.1. The van der Waals surface area contributed by atoms with Gasteiger partial charge in [-0.05, 0) is 49.2 Å². The highest BCUT2D eigenvalue weighted by Crippen LogP contribution is 2.28. The third-order valence-corrected chi connectivity index (χ3v) is 4.45. The van der Waals surface area contributed by atoms with Gasteiger partial charge in [-0.1, -0.05) is 28.1 Å². The predicted octanol–water partition coefficient (Wildman–Crippen LogP) is 3.97. The van der Waals surface area contributed by atoms with Crippen molar-refractivity contribution < 1.29 is 0 Å². The van der Waals surface area contributed by atoms with Crippen molar-refractivity contribution in [3.8, 4) is 11.4 Å². The Kier molecular flexibility index (Phi) is 3.18. The highest BCUT2D eigenvalue weighted by Gasteiger charge is 2.10. The standard InChI is InChI=1S/C16H13BrN2O/c1-9-10(2)13(17)8-7-11(9)15-18-14-6-4-3-5-12(14)16(20)19-15/h3-8H,1-2H3,(H,18,19,20). The molecule has 2 aromatic carbocycles. The molecule has 1 aromatic heterocycles. The molecule has 0 fully saturated rings. The predicted molar refractivity (Wildman–Crippen MR) is 85.0 cm³/mol. The number of hydrogen-bond donors (Lipinski definition) is 1. The van der Waals surface area contributed by atoms with E-state index in [1.165, 1.54) is 0 Å². The largest absolute Gasteiger partial charge is 0.306 e. The first-order valence-corrected chi connectivity index (χ1v) is 7.12. The minimum atomic E-state index is -0.106. The Bertz CT molecular complexity index is 868. The van der Waals surface area contributed by atoms with Gasteiger partial charge in [-0.25, -0.2) is 4.98 Å². The van der Waals surface area contributed by atoms with E-state index in [0.29, 0.717) is 16.7 Å². The Labute approximate surface area is 124 Å². The summed E-state index contributed by atoms with van der Waals surface area (Å²) in [5, 5.41) is 0.614. The smallest absolute Gasteiger partial charge is 0.259 e. The molecule has 0 saturated carbocycles. The summed E-state index contributed by atoms with van der Waals surface area (Å²) in [4.78, 5) is 19.6. The Morgan fingerprint density at radius 2 is 1.80 bits per heavy atom. The van der Waals surface area contributed by atoms with E-state index in [1.54, 1.807) is 6.07 Å². The van der Waals surface area contributed by atoms with Gasteiger partial charge in [-0.2, -0.15) is 0 Å². The molecule has 0 atom stereocenters. The molecule has 0 unspecified atom stereocenters. The number of aromatic amines is 1. The van der Waals surface area contributed by atoms with Gasteiger partial charge in [0, 0.05) is 10.0 Å². The minimum absolute atomic E-state index is 0.106. The second-order valence-electron chi connectivity index (χ2n) is 4.78. The lowest BCUT2D eigenvalue weighted by Gasteiger charge is -2.10. The van der Waals surface area contributed by atoms with Gasteiger partial charge in [0.15, 0.2) is 0 Å². The van der Waals surface area contributed by atoms with Crippen molar-refractivity contribution in [1.82, 2.24) is 9.97 Å². The molecule has 100 valence electrons. The third-order valence-electron chi connectivity index (χ3n) is 3.59. The fourth-order valence-electron chi connectivity index (χ4n) is 2.26. The average Bonchev–Trinajstić information content (AvgIpc) is 2.45. The third kappa shape index (κ3) is 2.06. The lowest BCUT2D eigenvalue weighted by Crippen LogP contribution is -2.10. The molecular weight excluding hydrogens is 316 g/mol. The van der Waals surface area contributed by atoms with Crippen molar-refractivity contribution in [2.45, 2.75) is 13.8 Å². The zero-order chi connectivity index (χ0) is 14.3. The molecule has 3 nitrogen and oxygen atoms in total. The van der Waals surface area contributed by atoms with Crippen LogP contribution in [-0.2, 0) is 0 Å². The normalized spacial score (nSPS) is 10.9. The summed E-state index contributed by atoms with van der Waals surface area (Å²) < 4.78 is 1.06. The molecular formula is C16H13BrN2O. The highest BCUT2D eigenvalue weighted by atomic mass is 79.9. The van der Waals surface area contributed by atoms with Crippen molar-refractivity contribution in [1.29, 1.82) is 0 Å². The average molecular weight is 329 g/mol. The van der Waals surface area contributed by atoms with Crippen LogP contribution in [0.1, 0.15) is 11.1 Å². The van der Waals surface area contributed by atoms with E-state index < -0.39 is 0 Å². The van der Waals surface area contributed by atoms with Crippen LogP contribution in [0.2, 0.25) is 0 Å². The summed E-state index contributed by atoms with van der Waals surface area (Å²) in [6.45, 7) is 4.08. The van der Waals surface area contributed by atoms with E-state index in [1.807, 2.05) is 44.2 Å². The molecule has 0 bridgehead atoms. The second-order valence-corrected chi connectivity index (χ2v) is 5.63. The lowest BCUT2D eigenvalue weighted by atomic mass is 10.0. The van der Waals surface area contributed by atoms with Crippen LogP contribution in [0.15, 0.2) is 45.7 Å². The monoisotopic (exact) mass is 328 g/mol. The van der Waals surface area contributed by atoms with Gasteiger partial charge in [0.25, 0.3) is 5.56 Å². The van der Waals surface area contributed by atoms with Crippen molar-refractivity contribution in [3.63, 3.8) is 0 Å². The topological polar surface area (TPSA) is 45.8 Å². The molecule has 0 amide bonds. The number of para-hydroxylation sites is 1. The number of H-pyrrole nitrogens is 1. The fraction of sp³-hybridized carbons (Fsp3) is 0.125. The first-order valence-electron chi connectivity index (χ1n) is 6.33. The van der Waals surface area contributed by atoms with Crippen LogP contribution in [0.4, 0.5) is 0 Å². The summed E-state index contributed by atoms with van der Waals surface area (Å²) in [5.74, 6) is 0.613. The zero-order valence-electron chi connectivity index (χ0n) is 11.2. The van der Waals surface area contributed by atoms with Crippen molar-refractivity contribution >= 4 is 26.8 Å². The molecule has 1 N–H and O–H groups in total. The Balaban J connectivity index is 2.31. The van der Waals surface area contributed by atoms with E-state index in [9.17, 15) is 4.79 Å². The number of aromatic nitrogens is 2. The van der Waals surface area contributed by atoms with Crippen LogP contribution in [-0.4, -0.2) is 9.97 Å². The number of benzene rings is 2. The molecule has 0 radical (unpaired) electrons. The number of hydrogen-bond acceptors (Lipinski definition) is 2. The van der Waals surface area contributed by atoms with Gasteiger partial charge in [0.1, 0.15) is 5.82 Å². The quantitative estimate of drug-likeness (QED) is 0.734. The van der Waals surface area contributed by atoms with Gasteiger partial charge >= 0.3 is 0 Å². The summed E-state index contributed by atoms with van der Waals surface area (Å²) in [6, 6.07) is 11.3. The van der Waals surface area contributed by atoms with E-state index in [2.05, 4.69) is 25.9 Å². The minimum Gasteiger partial charge on any atom is -0.306 e. The van der Waals surface area contributed by atoms with E-state index in [4.69, 9.17) is 0 Å². The molecule has 0 spiro atoms. The Morgan fingerprint density at radius 3 is 2.60 bits per heavy atom. The van der Waals surface area contributed by atoms with Gasteiger partial charge in [0.2, 0.25) is 0 Å². The summed E-state index contributed by atoms with van der Waals surface area (Å²) in [5.41, 5.74) is 3.82. The van der Waals surface area contributed by atoms with Gasteiger partial charge in [0.05, 0.1) is 10.9 Å². The van der Waals surface area contributed by atoms with Crippen LogP contribution in [0.25, 0.3) is 22.3 Å². The van der Waals surface area contributed by atoms with Crippen molar-refractivity contribution in [2.24, 2.45) is 0 Å². The summed E-state index contributed by atoms with van der Waals surface area (Å²) >= 11 is 3.51. The van der Waals surface area contributed by atoms with Crippen LogP contribution in [0.3, 0.4) is 0 Å². The van der Waals surface area contributed by atoms with Crippen LogP contribution < -0.4 is 5.56 Å². The van der Waals surface area contributed by atoms with E-state index in [0.717, 1.165) is 21.2 Å². The maximum Gasteiger partial charge on any atom is 0.259 e. The molecule has 1 heterocycles. The van der Waals surface area contributed by atoms with Crippen LogP contribution >= 0.6 is 15.9 Å². The second kappa shape index (κ2) is 4.87.